The number of amides is 1. The molecule has 0 atom stereocenters. The van der Waals surface area contributed by atoms with Crippen molar-refractivity contribution < 1.29 is 14.3 Å². The first-order valence-electron chi connectivity index (χ1n) is 7.25. The maximum Gasteiger partial charge on any atom is 0.264 e. The van der Waals surface area contributed by atoms with Gasteiger partial charge >= 0.3 is 0 Å². The van der Waals surface area contributed by atoms with Crippen LogP contribution in [0.4, 0.5) is 5.13 Å². The van der Waals surface area contributed by atoms with E-state index in [-0.39, 0.29) is 12.5 Å². The molecule has 23 heavy (non-hydrogen) atoms. The second-order valence-corrected chi connectivity index (χ2v) is 6.88. The summed E-state index contributed by atoms with van der Waals surface area (Å²) in [6.45, 7) is 2.03. The Balaban J connectivity index is 1.80. The highest BCUT2D eigenvalue weighted by molar-refractivity contribution is 8.01. The van der Waals surface area contributed by atoms with Gasteiger partial charge in [-0.15, -0.1) is 10.2 Å². The van der Waals surface area contributed by atoms with Gasteiger partial charge in [-0.2, -0.15) is 0 Å². The molecular weight excluding hydrogens is 334 g/mol. The third kappa shape index (κ3) is 5.72. The minimum atomic E-state index is -0.280. The minimum Gasteiger partial charge on any atom is -0.493 e. The van der Waals surface area contributed by atoms with Crippen LogP contribution in [-0.2, 0) is 4.79 Å². The molecule has 0 aliphatic heterocycles. The summed E-state index contributed by atoms with van der Waals surface area (Å²) in [5.41, 5.74) is 0. The Bertz CT molecular complexity index is 634. The van der Waals surface area contributed by atoms with Crippen molar-refractivity contribution in [1.82, 2.24) is 10.2 Å². The number of methoxy groups -OCH3 is 1. The van der Waals surface area contributed by atoms with E-state index in [1.807, 2.05) is 12.1 Å². The van der Waals surface area contributed by atoms with Crippen LogP contribution in [0, 0.1) is 0 Å². The van der Waals surface area contributed by atoms with Crippen LogP contribution in [0.25, 0.3) is 0 Å². The van der Waals surface area contributed by atoms with Gasteiger partial charge in [-0.1, -0.05) is 48.6 Å². The number of carbonyl (C=O) groups excluding carboxylic acids is 1. The SMILES string of the molecule is CCCCSc1nnc(NC(=O)COc2ccccc2OC)s1. The highest BCUT2D eigenvalue weighted by Crippen LogP contribution is 2.27. The number of nitrogens with one attached hydrogen (secondary N) is 1. The summed E-state index contributed by atoms with van der Waals surface area (Å²) >= 11 is 3.02. The second-order valence-electron chi connectivity index (χ2n) is 4.56. The number of aromatic nitrogens is 2. The molecule has 124 valence electrons. The molecule has 0 fully saturated rings. The van der Waals surface area contributed by atoms with Gasteiger partial charge in [0.05, 0.1) is 7.11 Å². The van der Waals surface area contributed by atoms with Gasteiger partial charge in [0.15, 0.2) is 22.4 Å². The molecule has 0 aliphatic rings. The van der Waals surface area contributed by atoms with Gasteiger partial charge in [-0.25, -0.2) is 0 Å². The molecule has 1 aromatic heterocycles. The highest BCUT2D eigenvalue weighted by Gasteiger charge is 2.10. The molecule has 1 heterocycles. The Morgan fingerprint density at radius 3 is 2.83 bits per heavy atom. The number of nitrogens with zero attached hydrogens (tertiary/aromatic N) is 2. The molecule has 1 aromatic carbocycles. The molecule has 1 N–H and O–H groups in total. The number of anilines is 1. The molecule has 0 aliphatic carbocycles. The summed E-state index contributed by atoms with van der Waals surface area (Å²) in [7, 11) is 1.56. The first kappa shape index (κ1) is 17.6. The molecule has 0 saturated heterocycles. The predicted octanol–water partition coefficient (Wildman–Crippen LogP) is 3.46. The maximum absolute atomic E-state index is 11.9. The Morgan fingerprint density at radius 2 is 2.09 bits per heavy atom. The monoisotopic (exact) mass is 353 g/mol. The number of benzene rings is 1. The molecule has 8 heteroatoms. The molecule has 1 amide bonds. The summed E-state index contributed by atoms with van der Waals surface area (Å²) in [4.78, 5) is 11.9. The van der Waals surface area contributed by atoms with E-state index in [4.69, 9.17) is 9.47 Å². The zero-order chi connectivity index (χ0) is 16.5. The van der Waals surface area contributed by atoms with Crippen molar-refractivity contribution in [3.8, 4) is 11.5 Å². The van der Waals surface area contributed by atoms with Crippen LogP contribution in [0.3, 0.4) is 0 Å². The maximum atomic E-state index is 11.9. The molecule has 0 spiro atoms. The van der Waals surface area contributed by atoms with Gasteiger partial charge in [-0.05, 0) is 18.6 Å². The number of thioether (sulfide) groups is 1. The Hall–Kier alpha value is -1.80. The quantitative estimate of drug-likeness (QED) is 0.423. The average molecular weight is 353 g/mol. The topological polar surface area (TPSA) is 73.3 Å². The normalized spacial score (nSPS) is 10.3. The Labute approximate surface area is 143 Å². The van der Waals surface area contributed by atoms with Crippen LogP contribution in [0.5, 0.6) is 11.5 Å². The van der Waals surface area contributed by atoms with Crippen LogP contribution in [-0.4, -0.2) is 35.6 Å². The zero-order valence-electron chi connectivity index (χ0n) is 13.1. The van der Waals surface area contributed by atoms with Crippen molar-refractivity contribution in [3.63, 3.8) is 0 Å². The largest absolute Gasteiger partial charge is 0.493 e. The van der Waals surface area contributed by atoms with Crippen molar-refractivity contribution in [1.29, 1.82) is 0 Å². The third-order valence-corrected chi connectivity index (χ3v) is 4.86. The van der Waals surface area contributed by atoms with Crippen LogP contribution >= 0.6 is 23.1 Å². The summed E-state index contributed by atoms with van der Waals surface area (Å²) < 4.78 is 11.5. The van der Waals surface area contributed by atoms with E-state index in [1.54, 1.807) is 31.0 Å². The van der Waals surface area contributed by atoms with Gasteiger partial charge in [0.2, 0.25) is 5.13 Å². The molecule has 0 radical (unpaired) electrons. The van der Waals surface area contributed by atoms with Crippen LogP contribution < -0.4 is 14.8 Å². The number of hydrogen-bond donors (Lipinski definition) is 1. The second kappa shape index (κ2) is 9.36. The molecule has 2 aromatic rings. The van der Waals surface area contributed by atoms with Gasteiger partial charge in [0.1, 0.15) is 0 Å². The summed E-state index contributed by atoms with van der Waals surface area (Å²) in [6, 6.07) is 7.18. The van der Waals surface area contributed by atoms with E-state index in [9.17, 15) is 4.79 Å². The number of hydrogen-bond acceptors (Lipinski definition) is 7. The average Bonchev–Trinajstić information content (AvgIpc) is 3.00. The molecule has 0 saturated carbocycles. The van der Waals surface area contributed by atoms with E-state index in [2.05, 4.69) is 22.4 Å². The van der Waals surface area contributed by atoms with Crippen molar-refractivity contribution in [2.45, 2.75) is 24.1 Å². The fourth-order valence-electron chi connectivity index (χ4n) is 1.66. The first-order chi connectivity index (χ1) is 11.2. The van der Waals surface area contributed by atoms with Gasteiger partial charge < -0.3 is 9.47 Å². The fourth-order valence-corrected chi connectivity index (χ4v) is 3.58. The van der Waals surface area contributed by atoms with Gasteiger partial charge in [-0.3, -0.25) is 10.1 Å². The van der Waals surface area contributed by atoms with E-state index in [1.165, 1.54) is 11.3 Å². The minimum absolute atomic E-state index is 0.113. The number of ether oxygens (including phenoxy) is 2. The highest BCUT2D eigenvalue weighted by atomic mass is 32.2. The first-order valence-corrected chi connectivity index (χ1v) is 9.05. The third-order valence-electron chi connectivity index (χ3n) is 2.80. The van der Waals surface area contributed by atoms with E-state index in [0.29, 0.717) is 16.6 Å². The van der Waals surface area contributed by atoms with E-state index in [0.717, 1.165) is 22.9 Å². The Morgan fingerprint density at radius 1 is 1.30 bits per heavy atom. The van der Waals surface area contributed by atoms with Crippen LogP contribution in [0.1, 0.15) is 19.8 Å². The lowest BCUT2D eigenvalue weighted by Gasteiger charge is -2.09. The fraction of sp³-hybridized carbons (Fsp3) is 0.400. The Kier molecular flexibility index (Phi) is 7.15. The van der Waals surface area contributed by atoms with Gasteiger partial charge in [0, 0.05) is 5.75 Å². The molecule has 0 bridgehead atoms. The summed E-state index contributed by atoms with van der Waals surface area (Å²) in [5.74, 6) is 1.84. The van der Waals surface area contributed by atoms with Gasteiger partial charge in [0.25, 0.3) is 5.91 Å². The van der Waals surface area contributed by atoms with E-state index < -0.39 is 0 Å². The molecule has 2 rings (SSSR count). The smallest absolute Gasteiger partial charge is 0.264 e. The van der Waals surface area contributed by atoms with Crippen molar-refractivity contribution in [3.05, 3.63) is 24.3 Å². The molecule has 0 unspecified atom stereocenters. The van der Waals surface area contributed by atoms with Crippen molar-refractivity contribution >= 4 is 34.1 Å². The molecular formula is C15H19N3O3S2. The van der Waals surface area contributed by atoms with E-state index >= 15 is 0 Å². The number of para-hydroxylation sites is 2. The van der Waals surface area contributed by atoms with Crippen LogP contribution in [0.2, 0.25) is 0 Å². The number of rotatable bonds is 9. The standard InChI is InChI=1S/C15H19N3O3S2/c1-3-4-9-22-15-18-17-14(23-15)16-13(19)10-21-12-8-6-5-7-11(12)20-2/h5-8H,3-4,9-10H2,1-2H3,(H,16,17,19). The van der Waals surface area contributed by atoms with Crippen LogP contribution in [0.15, 0.2) is 28.6 Å². The lowest BCUT2D eigenvalue weighted by molar-refractivity contribution is -0.118. The molecule has 6 nitrogen and oxygen atoms in total. The lowest BCUT2D eigenvalue weighted by Crippen LogP contribution is -2.20. The zero-order valence-corrected chi connectivity index (χ0v) is 14.7. The van der Waals surface area contributed by atoms with Crippen molar-refractivity contribution in [2.75, 3.05) is 24.8 Å². The number of unbranched alkanes of at least 4 members (excludes halogenated alkanes) is 1. The number of carbonyl (C=O) groups is 1. The summed E-state index contributed by atoms with van der Waals surface area (Å²) in [5, 5.41) is 11.2. The summed E-state index contributed by atoms with van der Waals surface area (Å²) in [6.07, 6.45) is 2.29. The lowest BCUT2D eigenvalue weighted by atomic mass is 10.3. The van der Waals surface area contributed by atoms with Crippen molar-refractivity contribution in [2.24, 2.45) is 0 Å². The predicted molar refractivity (Wildman–Crippen MR) is 92.7 cm³/mol.